The quantitative estimate of drug-likeness (QED) is 0.546. The molecule has 0 radical (unpaired) electrons. The zero-order valence-electron chi connectivity index (χ0n) is 14.5. The number of hydrogen-bond donors (Lipinski definition) is 1. The van der Waals surface area contributed by atoms with E-state index in [0.29, 0.717) is 22.9 Å². The molecule has 0 amide bonds. The molecule has 0 spiro atoms. The van der Waals surface area contributed by atoms with Gasteiger partial charge in [0.05, 0.1) is 23.1 Å². The summed E-state index contributed by atoms with van der Waals surface area (Å²) >= 11 is 0. The number of hydrogen-bond acceptors (Lipinski definition) is 4. The number of fused-ring (bicyclic) bond motifs is 1. The van der Waals surface area contributed by atoms with Gasteiger partial charge in [-0.2, -0.15) is 0 Å². The number of esters is 1. The normalized spacial score (nSPS) is 10.8. The average Bonchev–Trinajstić information content (AvgIpc) is 2.67. The molecular weight excluding hydrogens is 332 g/mol. The van der Waals surface area contributed by atoms with E-state index in [2.05, 4.69) is 4.98 Å². The second-order valence-corrected chi connectivity index (χ2v) is 5.97. The highest BCUT2D eigenvalue weighted by Crippen LogP contribution is 2.07. The van der Waals surface area contributed by atoms with Crippen LogP contribution in [0.25, 0.3) is 10.9 Å². The fourth-order valence-corrected chi connectivity index (χ4v) is 2.75. The standard InChI is InChI=1S/C20H20N2O4/c1-2-14-8-10-15(11-9-14)19(24)26-13-5-12-22-18(23)16-6-3-4-7-17(16)21-20(22)25/h3-4,6-11H,2,5,12-13H2,1H3,(H,21,25). The number of benzene rings is 2. The zero-order valence-corrected chi connectivity index (χ0v) is 14.5. The highest BCUT2D eigenvalue weighted by Gasteiger charge is 2.09. The number of carbonyl (C=O) groups excluding carboxylic acids is 1. The Kier molecular flexibility index (Phi) is 5.31. The van der Waals surface area contributed by atoms with Crippen LogP contribution in [-0.2, 0) is 17.7 Å². The molecule has 134 valence electrons. The van der Waals surface area contributed by atoms with Gasteiger partial charge in [-0.15, -0.1) is 0 Å². The number of aryl methyl sites for hydroxylation is 1. The molecule has 1 N–H and O–H groups in total. The lowest BCUT2D eigenvalue weighted by atomic mass is 10.1. The first-order valence-corrected chi connectivity index (χ1v) is 8.58. The maximum atomic E-state index is 12.4. The van der Waals surface area contributed by atoms with Crippen molar-refractivity contribution >= 4 is 16.9 Å². The van der Waals surface area contributed by atoms with Crippen LogP contribution in [0.2, 0.25) is 0 Å². The molecule has 0 aliphatic rings. The molecule has 26 heavy (non-hydrogen) atoms. The predicted molar refractivity (Wildman–Crippen MR) is 99.5 cm³/mol. The lowest BCUT2D eigenvalue weighted by molar-refractivity contribution is 0.0495. The van der Waals surface area contributed by atoms with E-state index in [1.54, 1.807) is 36.4 Å². The van der Waals surface area contributed by atoms with Crippen molar-refractivity contribution in [2.45, 2.75) is 26.3 Å². The van der Waals surface area contributed by atoms with Crippen LogP contribution in [0.3, 0.4) is 0 Å². The summed E-state index contributed by atoms with van der Waals surface area (Å²) in [6.45, 7) is 2.36. The summed E-state index contributed by atoms with van der Waals surface area (Å²) < 4.78 is 6.36. The molecular formula is C20H20N2O4. The number of aromatic nitrogens is 2. The molecule has 1 aromatic heterocycles. The van der Waals surface area contributed by atoms with Gasteiger partial charge in [-0.3, -0.25) is 9.36 Å². The highest BCUT2D eigenvalue weighted by molar-refractivity contribution is 5.89. The van der Waals surface area contributed by atoms with E-state index in [4.69, 9.17) is 4.74 Å². The number of para-hydroxylation sites is 1. The number of H-pyrrole nitrogens is 1. The molecule has 0 unspecified atom stereocenters. The first-order chi connectivity index (χ1) is 12.6. The van der Waals surface area contributed by atoms with Gasteiger partial charge >= 0.3 is 11.7 Å². The number of aromatic amines is 1. The zero-order chi connectivity index (χ0) is 18.5. The molecule has 3 aromatic rings. The van der Waals surface area contributed by atoms with Crippen molar-refractivity contribution in [2.24, 2.45) is 0 Å². The minimum absolute atomic E-state index is 0.132. The molecule has 0 bridgehead atoms. The summed E-state index contributed by atoms with van der Waals surface area (Å²) in [6.07, 6.45) is 1.28. The van der Waals surface area contributed by atoms with Crippen LogP contribution in [0.5, 0.6) is 0 Å². The summed E-state index contributed by atoms with van der Waals surface area (Å²) in [6, 6.07) is 14.1. The SMILES string of the molecule is CCc1ccc(C(=O)OCCCn2c(=O)[nH]c3ccccc3c2=O)cc1. The first kappa shape index (κ1) is 17.7. The van der Waals surface area contributed by atoms with Crippen molar-refractivity contribution in [1.29, 1.82) is 0 Å². The second kappa shape index (κ2) is 7.82. The molecule has 0 saturated heterocycles. The van der Waals surface area contributed by atoms with Gasteiger partial charge in [0, 0.05) is 6.54 Å². The molecule has 0 saturated carbocycles. The highest BCUT2D eigenvalue weighted by atomic mass is 16.5. The van der Waals surface area contributed by atoms with Gasteiger partial charge in [-0.25, -0.2) is 9.59 Å². The second-order valence-electron chi connectivity index (χ2n) is 5.97. The predicted octanol–water partition coefficient (Wildman–Crippen LogP) is 2.50. The van der Waals surface area contributed by atoms with E-state index in [-0.39, 0.29) is 18.7 Å². The van der Waals surface area contributed by atoms with Crippen molar-refractivity contribution in [3.8, 4) is 0 Å². The smallest absolute Gasteiger partial charge is 0.338 e. The van der Waals surface area contributed by atoms with Crippen LogP contribution < -0.4 is 11.2 Å². The Bertz CT molecular complexity index is 1030. The molecule has 6 heteroatoms. The molecule has 0 atom stereocenters. The molecule has 0 aliphatic carbocycles. The monoisotopic (exact) mass is 352 g/mol. The summed E-state index contributed by atoms with van der Waals surface area (Å²) in [4.78, 5) is 39.1. The number of carbonyl (C=O) groups is 1. The summed E-state index contributed by atoms with van der Waals surface area (Å²) in [7, 11) is 0. The van der Waals surface area contributed by atoms with Gasteiger partial charge in [-0.05, 0) is 42.7 Å². The van der Waals surface area contributed by atoms with Gasteiger partial charge in [0.25, 0.3) is 5.56 Å². The van der Waals surface area contributed by atoms with Crippen molar-refractivity contribution in [2.75, 3.05) is 6.61 Å². The molecule has 0 aliphatic heterocycles. The lowest BCUT2D eigenvalue weighted by Crippen LogP contribution is -2.35. The largest absolute Gasteiger partial charge is 0.462 e. The van der Waals surface area contributed by atoms with Crippen molar-refractivity contribution in [3.63, 3.8) is 0 Å². The Morgan fingerprint density at radius 3 is 2.54 bits per heavy atom. The third-order valence-electron chi connectivity index (χ3n) is 4.25. The average molecular weight is 352 g/mol. The third kappa shape index (κ3) is 3.74. The fraction of sp³-hybridized carbons (Fsp3) is 0.250. The van der Waals surface area contributed by atoms with Gasteiger partial charge in [0.2, 0.25) is 0 Å². The van der Waals surface area contributed by atoms with Crippen LogP contribution in [0.15, 0.2) is 58.1 Å². The molecule has 3 rings (SSSR count). The molecule has 1 heterocycles. The lowest BCUT2D eigenvalue weighted by Gasteiger charge is -2.08. The van der Waals surface area contributed by atoms with Crippen LogP contribution in [0.4, 0.5) is 0 Å². The van der Waals surface area contributed by atoms with E-state index >= 15 is 0 Å². The Morgan fingerprint density at radius 2 is 1.81 bits per heavy atom. The van der Waals surface area contributed by atoms with Crippen LogP contribution >= 0.6 is 0 Å². The fourth-order valence-electron chi connectivity index (χ4n) is 2.75. The van der Waals surface area contributed by atoms with Crippen molar-refractivity contribution in [1.82, 2.24) is 9.55 Å². The van der Waals surface area contributed by atoms with Gasteiger partial charge in [0.1, 0.15) is 0 Å². The summed E-state index contributed by atoms with van der Waals surface area (Å²) in [5, 5.41) is 0.458. The van der Waals surface area contributed by atoms with Gasteiger partial charge in [-0.1, -0.05) is 31.2 Å². The molecule has 0 fully saturated rings. The topological polar surface area (TPSA) is 81.2 Å². The Balaban J connectivity index is 1.61. The van der Waals surface area contributed by atoms with Crippen LogP contribution in [-0.4, -0.2) is 22.1 Å². The molecule has 6 nitrogen and oxygen atoms in total. The summed E-state index contributed by atoms with van der Waals surface area (Å²) in [5.74, 6) is -0.410. The van der Waals surface area contributed by atoms with Crippen LogP contribution in [0, 0.1) is 0 Å². The minimum Gasteiger partial charge on any atom is -0.462 e. The van der Waals surface area contributed by atoms with E-state index in [1.807, 2.05) is 19.1 Å². The van der Waals surface area contributed by atoms with Gasteiger partial charge < -0.3 is 9.72 Å². The van der Waals surface area contributed by atoms with E-state index < -0.39 is 11.7 Å². The first-order valence-electron chi connectivity index (χ1n) is 8.58. The van der Waals surface area contributed by atoms with Gasteiger partial charge in [0.15, 0.2) is 0 Å². The van der Waals surface area contributed by atoms with Crippen molar-refractivity contribution < 1.29 is 9.53 Å². The Labute approximate surface area is 150 Å². The maximum absolute atomic E-state index is 12.4. The van der Waals surface area contributed by atoms with E-state index in [9.17, 15) is 14.4 Å². The number of ether oxygens (including phenoxy) is 1. The Morgan fingerprint density at radius 1 is 1.08 bits per heavy atom. The molecule has 2 aromatic carbocycles. The number of nitrogens with zero attached hydrogens (tertiary/aromatic N) is 1. The summed E-state index contributed by atoms with van der Waals surface area (Å²) in [5.41, 5.74) is 1.35. The minimum atomic E-state index is -0.463. The van der Waals surface area contributed by atoms with E-state index in [0.717, 1.165) is 16.6 Å². The third-order valence-corrected chi connectivity index (χ3v) is 4.25. The number of rotatable bonds is 6. The van der Waals surface area contributed by atoms with E-state index in [1.165, 1.54) is 0 Å². The van der Waals surface area contributed by atoms with Crippen LogP contribution in [0.1, 0.15) is 29.3 Å². The van der Waals surface area contributed by atoms with Crippen molar-refractivity contribution in [3.05, 3.63) is 80.5 Å². The maximum Gasteiger partial charge on any atom is 0.338 e. The number of nitrogens with one attached hydrogen (secondary N) is 1. The Hall–Kier alpha value is -3.15.